The minimum Gasteiger partial charge on any atom is -0.339 e. The average Bonchev–Trinajstić information content (AvgIpc) is 2.91. The fourth-order valence-corrected chi connectivity index (χ4v) is 2.76. The highest BCUT2D eigenvalue weighted by Crippen LogP contribution is 2.26. The van der Waals surface area contributed by atoms with Crippen LogP contribution in [0.4, 0.5) is 4.79 Å². The molecule has 4 N–H and O–H groups in total. The van der Waals surface area contributed by atoms with Gasteiger partial charge in [0.1, 0.15) is 5.54 Å². The van der Waals surface area contributed by atoms with Crippen LogP contribution in [0.5, 0.6) is 0 Å². The Morgan fingerprint density at radius 3 is 2.79 bits per heavy atom. The van der Waals surface area contributed by atoms with Gasteiger partial charge in [0.05, 0.1) is 12.5 Å². The van der Waals surface area contributed by atoms with Crippen LogP contribution in [0.2, 0.25) is 0 Å². The van der Waals surface area contributed by atoms with E-state index in [9.17, 15) is 14.4 Å². The molecule has 2 fully saturated rings. The zero-order chi connectivity index (χ0) is 14.0. The third kappa shape index (κ3) is 2.42. The lowest BCUT2D eigenvalue weighted by Crippen LogP contribution is -2.50. The van der Waals surface area contributed by atoms with E-state index in [0.29, 0.717) is 19.5 Å². The normalized spacial score (nSPS) is 27.6. The zero-order valence-corrected chi connectivity index (χ0v) is 11.1. The van der Waals surface area contributed by atoms with Gasteiger partial charge in [0.15, 0.2) is 0 Å². The van der Waals surface area contributed by atoms with E-state index in [1.54, 1.807) is 4.90 Å². The quantitative estimate of drug-likeness (QED) is 0.579. The Kier molecular flexibility index (Phi) is 3.75. The highest BCUT2D eigenvalue weighted by Gasteiger charge is 2.51. The van der Waals surface area contributed by atoms with Gasteiger partial charge in [-0.05, 0) is 12.8 Å². The first-order chi connectivity index (χ1) is 9.02. The van der Waals surface area contributed by atoms with Crippen molar-refractivity contribution in [1.82, 2.24) is 15.5 Å². The van der Waals surface area contributed by atoms with Gasteiger partial charge in [-0.3, -0.25) is 14.9 Å². The second-order valence-electron chi connectivity index (χ2n) is 5.22. The Balaban J connectivity index is 2.04. The number of nitrogens with zero attached hydrogens (tertiary/aromatic N) is 1. The van der Waals surface area contributed by atoms with Gasteiger partial charge in [-0.25, -0.2) is 4.79 Å². The molecule has 2 saturated heterocycles. The zero-order valence-electron chi connectivity index (χ0n) is 11.1. The molecule has 2 atom stereocenters. The van der Waals surface area contributed by atoms with E-state index >= 15 is 0 Å². The molecular weight excluding hydrogens is 248 g/mol. The maximum Gasteiger partial charge on any atom is 0.322 e. The molecular formula is C12H20N4O3. The summed E-state index contributed by atoms with van der Waals surface area (Å²) < 4.78 is 0. The van der Waals surface area contributed by atoms with Crippen molar-refractivity contribution in [3.8, 4) is 0 Å². The third-order valence-corrected chi connectivity index (χ3v) is 3.87. The van der Waals surface area contributed by atoms with Crippen LogP contribution in [0.25, 0.3) is 0 Å². The smallest absolute Gasteiger partial charge is 0.322 e. The molecule has 106 valence electrons. The maximum absolute atomic E-state index is 12.3. The van der Waals surface area contributed by atoms with Crippen molar-refractivity contribution < 1.29 is 14.4 Å². The number of hydrogen-bond acceptors (Lipinski definition) is 4. The molecule has 2 aliphatic rings. The van der Waals surface area contributed by atoms with Crippen molar-refractivity contribution in [2.75, 3.05) is 19.6 Å². The fraction of sp³-hybridized carbons (Fsp3) is 0.750. The average molecular weight is 268 g/mol. The van der Waals surface area contributed by atoms with Gasteiger partial charge in [0, 0.05) is 13.1 Å². The Labute approximate surface area is 111 Å². The molecule has 0 saturated carbocycles. The van der Waals surface area contributed by atoms with Crippen LogP contribution < -0.4 is 16.4 Å². The molecule has 0 aromatic heterocycles. The van der Waals surface area contributed by atoms with Crippen molar-refractivity contribution in [1.29, 1.82) is 0 Å². The van der Waals surface area contributed by atoms with Crippen molar-refractivity contribution in [2.24, 2.45) is 11.7 Å². The molecule has 7 heteroatoms. The molecule has 2 heterocycles. The van der Waals surface area contributed by atoms with Crippen LogP contribution in [0.1, 0.15) is 26.2 Å². The van der Waals surface area contributed by atoms with Crippen molar-refractivity contribution in [2.45, 2.75) is 31.7 Å². The summed E-state index contributed by atoms with van der Waals surface area (Å²) in [5, 5.41) is 4.85. The second-order valence-corrected chi connectivity index (χ2v) is 5.22. The molecule has 0 radical (unpaired) electrons. The molecule has 0 aromatic carbocycles. The molecule has 2 unspecified atom stereocenters. The van der Waals surface area contributed by atoms with Crippen molar-refractivity contribution in [3.63, 3.8) is 0 Å². The molecule has 7 nitrogen and oxygen atoms in total. The van der Waals surface area contributed by atoms with Gasteiger partial charge < -0.3 is 16.0 Å². The Hall–Kier alpha value is -1.63. The SMILES string of the molecule is CCCC(CN)C(=O)N1CCC2(C1)NC(=O)NC2=O. The number of likely N-dealkylation sites (tertiary alicyclic amines) is 1. The first-order valence-corrected chi connectivity index (χ1v) is 6.65. The van der Waals surface area contributed by atoms with Crippen LogP contribution in [-0.2, 0) is 9.59 Å². The fourth-order valence-electron chi connectivity index (χ4n) is 2.76. The van der Waals surface area contributed by atoms with Gasteiger partial charge >= 0.3 is 6.03 Å². The number of amides is 4. The van der Waals surface area contributed by atoms with Gasteiger partial charge in [0.25, 0.3) is 5.91 Å². The van der Waals surface area contributed by atoms with Crippen LogP contribution in [0.15, 0.2) is 0 Å². The molecule has 2 rings (SSSR count). The number of nitrogens with one attached hydrogen (secondary N) is 2. The van der Waals surface area contributed by atoms with E-state index in [1.165, 1.54) is 0 Å². The highest BCUT2D eigenvalue weighted by molar-refractivity contribution is 6.07. The largest absolute Gasteiger partial charge is 0.339 e. The van der Waals surface area contributed by atoms with Gasteiger partial charge in [0.2, 0.25) is 5.91 Å². The van der Waals surface area contributed by atoms with Crippen molar-refractivity contribution >= 4 is 17.8 Å². The molecule has 0 aliphatic carbocycles. The predicted octanol–water partition coefficient (Wildman–Crippen LogP) is -0.828. The van der Waals surface area contributed by atoms with Gasteiger partial charge in [-0.15, -0.1) is 0 Å². The standard InChI is InChI=1S/C12H20N4O3/c1-2-3-8(6-13)9(17)16-5-4-12(7-16)10(18)14-11(19)15-12/h8H,2-7,13H2,1H3,(H2,14,15,18,19). The Bertz CT molecular complexity index is 412. The molecule has 0 aromatic rings. The van der Waals surface area contributed by atoms with Gasteiger partial charge in [-0.1, -0.05) is 13.3 Å². The molecule has 19 heavy (non-hydrogen) atoms. The van der Waals surface area contributed by atoms with E-state index in [0.717, 1.165) is 12.8 Å². The molecule has 0 bridgehead atoms. The van der Waals surface area contributed by atoms with Crippen LogP contribution in [0.3, 0.4) is 0 Å². The summed E-state index contributed by atoms with van der Waals surface area (Å²) in [5.41, 5.74) is 4.69. The van der Waals surface area contributed by atoms with E-state index in [-0.39, 0.29) is 24.3 Å². The minimum absolute atomic E-state index is 0.0184. The van der Waals surface area contributed by atoms with Crippen LogP contribution in [-0.4, -0.2) is 47.9 Å². The lowest BCUT2D eigenvalue weighted by molar-refractivity contribution is -0.134. The number of imide groups is 1. The van der Waals surface area contributed by atoms with Crippen molar-refractivity contribution in [3.05, 3.63) is 0 Å². The van der Waals surface area contributed by atoms with Crippen LogP contribution >= 0.6 is 0 Å². The predicted molar refractivity (Wildman–Crippen MR) is 68.1 cm³/mol. The monoisotopic (exact) mass is 268 g/mol. The number of urea groups is 1. The lowest BCUT2D eigenvalue weighted by atomic mass is 9.99. The summed E-state index contributed by atoms with van der Waals surface area (Å²) in [7, 11) is 0. The van der Waals surface area contributed by atoms with E-state index in [2.05, 4.69) is 10.6 Å². The highest BCUT2D eigenvalue weighted by atomic mass is 16.2. The summed E-state index contributed by atoms with van der Waals surface area (Å²) in [6.45, 7) is 3.04. The summed E-state index contributed by atoms with van der Waals surface area (Å²) in [5.74, 6) is -0.553. The summed E-state index contributed by atoms with van der Waals surface area (Å²) in [4.78, 5) is 36.9. The second kappa shape index (κ2) is 5.16. The third-order valence-electron chi connectivity index (χ3n) is 3.87. The summed E-state index contributed by atoms with van der Waals surface area (Å²) in [6, 6.07) is -0.483. The summed E-state index contributed by atoms with van der Waals surface area (Å²) >= 11 is 0. The van der Waals surface area contributed by atoms with E-state index < -0.39 is 11.6 Å². The van der Waals surface area contributed by atoms with E-state index in [1.807, 2.05) is 6.92 Å². The molecule has 4 amide bonds. The topological polar surface area (TPSA) is 105 Å². The number of nitrogens with two attached hydrogens (primary N) is 1. The van der Waals surface area contributed by atoms with Gasteiger partial charge in [-0.2, -0.15) is 0 Å². The van der Waals surface area contributed by atoms with E-state index in [4.69, 9.17) is 5.73 Å². The minimum atomic E-state index is -0.932. The Morgan fingerprint density at radius 1 is 1.53 bits per heavy atom. The number of hydrogen-bond donors (Lipinski definition) is 3. The maximum atomic E-state index is 12.3. The number of rotatable bonds is 4. The molecule has 1 spiro atoms. The number of carbonyl (C=O) groups excluding carboxylic acids is 3. The lowest BCUT2D eigenvalue weighted by Gasteiger charge is -2.24. The molecule has 2 aliphatic heterocycles. The summed E-state index contributed by atoms with van der Waals surface area (Å²) in [6.07, 6.45) is 2.10. The number of carbonyl (C=O) groups is 3. The Morgan fingerprint density at radius 2 is 2.26 bits per heavy atom. The van der Waals surface area contributed by atoms with Crippen LogP contribution in [0, 0.1) is 5.92 Å². The first kappa shape index (κ1) is 13.8. The first-order valence-electron chi connectivity index (χ1n) is 6.65.